The van der Waals surface area contributed by atoms with Crippen molar-refractivity contribution in [1.82, 2.24) is 4.57 Å². The lowest BCUT2D eigenvalue weighted by Crippen LogP contribution is -2.04. The van der Waals surface area contributed by atoms with Crippen molar-refractivity contribution in [1.29, 1.82) is 0 Å². The van der Waals surface area contributed by atoms with Crippen molar-refractivity contribution in [2.24, 2.45) is 5.73 Å². The van der Waals surface area contributed by atoms with Crippen molar-refractivity contribution in [3.05, 3.63) is 65.4 Å². The van der Waals surface area contributed by atoms with Crippen molar-refractivity contribution in [2.75, 3.05) is 7.11 Å². The summed E-state index contributed by atoms with van der Waals surface area (Å²) in [5.74, 6) is 0.924. The Labute approximate surface area is 125 Å². The van der Waals surface area contributed by atoms with Gasteiger partial charge in [0.15, 0.2) is 0 Å². The predicted octanol–water partition coefficient (Wildman–Crippen LogP) is 3.47. The number of methoxy groups -OCH3 is 1. The molecule has 0 saturated heterocycles. The maximum absolute atomic E-state index is 5.88. The first kappa shape index (κ1) is 13.7. The lowest BCUT2D eigenvalue weighted by molar-refractivity contribution is 0.408. The Balaban J connectivity index is 2.08. The van der Waals surface area contributed by atoms with Crippen molar-refractivity contribution in [3.8, 4) is 5.75 Å². The summed E-state index contributed by atoms with van der Waals surface area (Å²) < 4.78 is 7.72. The van der Waals surface area contributed by atoms with Gasteiger partial charge in [0.1, 0.15) is 5.75 Å². The molecule has 0 atom stereocenters. The monoisotopic (exact) mass is 280 g/mol. The van der Waals surface area contributed by atoms with Gasteiger partial charge in [0.2, 0.25) is 0 Å². The average Bonchev–Trinajstić information content (AvgIpc) is 2.91. The van der Waals surface area contributed by atoms with E-state index in [2.05, 4.69) is 54.1 Å². The molecule has 0 aliphatic rings. The Morgan fingerprint density at radius 3 is 2.71 bits per heavy atom. The molecule has 2 N–H and O–H groups in total. The summed E-state index contributed by atoms with van der Waals surface area (Å²) in [6, 6.07) is 14.7. The third-order valence-electron chi connectivity index (χ3n) is 3.87. The first-order chi connectivity index (χ1) is 10.2. The molecule has 3 rings (SSSR count). The Morgan fingerprint density at radius 2 is 1.95 bits per heavy atom. The van der Waals surface area contributed by atoms with Crippen LogP contribution >= 0.6 is 0 Å². The molecule has 0 aliphatic heterocycles. The summed E-state index contributed by atoms with van der Waals surface area (Å²) in [6.07, 6.45) is 2.12. The van der Waals surface area contributed by atoms with Gasteiger partial charge in [-0.2, -0.15) is 0 Å². The zero-order valence-corrected chi connectivity index (χ0v) is 12.5. The highest BCUT2D eigenvalue weighted by molar-refractivity contribution is 5.83. The molecule has 1 heterocycles. The minimum Gasteiger partial charge on any atom is -0.496 e. The van der Waals surface area contributed by atoms with E-state index in [-0.39, 0.29) is 0 Å². The number of aromatic nitrogens is 1. The van der Waals surface area contributed by atoms with E-state index >= 15 is 0 Å². The average molecular weight is 280 g/mol. The maximum Gasteiger partial charge on any atom is 0.123 e. The molecule has 1 aromatic heterocycles. The number of aryl methyl sites for hydroxylation is 1. The molecule has 0 fully saturated rings. The van der Waals surface area contributed by atoms with Crippen LogP contribution in [0.25, 0.3) is 10.9 Å². The van der Waals surface area contributed by atoms with Crippen molar-refractivity contribution in [2.45, 2.75) is 20.0 Å². The van der Waals surface area contributed by atoms with Crippen LogP contribution in [0.1, 0.15) is 16.7 Å². The third-order valence-corrected chi connectivity index (χ3v) is 3.87. The number of benzene rings is 2. The van der Waals surface area contributed by atoms with E-state index in [0.717, 1.165) is 12.3 Å². The zero-order chi connectivity index (χ0) is 14.8. The first-order valence-corrected chi connectivity index (χ1v) is 7.13. The summed E-state index contributed by atoms with van der Waals surface area (Å²) in [7, 11) is 1.72. The highest BCUT2D eigenvalue weighted by Crippen LogP contribution is 2.25. The highest BCUT2D eigenvalue weighted by Gasteiger charge is 2.09. The second-order valence-electron chi connectivity index (χ2n) is 5.32. The summed E-state index contributed by atoms with van der Waals surface area (Å²) >= 11 is 0. The number of hydrogen-bond acceptors (Lipinski definition) is 2. The summed E-state index contributed by atoms with van der Waals surface area (Å²) in [5, 5.41) is 1.23. The van der Waals surface area contributed by atoms with Gasteiger partial charge in [-0.25, -0.2) is 0 Å². The van der Waals surface area contributed by atoms with Crippen LogP contribution in [0.2, 0.25) is 0 Å². The number of rotatable bonds is 4. The van der Waals surface area contributed by atoms with E-state index < -0.39 is 0 Å². The largest absolute Gasteiger partial charge is 0.496 e. The summed E-state index contributed by atoms with van der Waals surface area (Å²) in [6.45, 7) is 3.43. The topological polar surface area (TPSA) is 40.2 Å². The molecule has 0 aliphatic carbocycles. The molecule has 0 spiro atoms. The van der Waals surface area contributed by atoms with E-state index in [1.807, 2.05) is 6.07 Å². The second kappa shape index (κ2) is 5.62. The van der Waals surface area contributed by atoms with E-state index in [4.69, 9.17) is 10.5 Å². The quantitative estimate of drug-likeness (QED) is 0.795. The Morgan fingerprint density at radius 1 is 1.10 bits per heavy atom. The normalized spacial score (nSPS) is 11.0. The Hall–Kier alpha value is -2.26. The molecule has 3 nitrogen and oxygen atoms in total. The molecule has 0 unspecified atom stereocenters. The van der Waals surface area contributed by atoms with Gasteiger partial charge in [0.25, 0.3) is 0 Å². The van der Waals surface area contributed by atoms with Crippen LogP contribution in [0.15, 0.2) is 48.7 Å². The fraction of sp³-hybridized carbons (Fsp3) is 0.222. The zero-order valence-electron chi connectivity index (χ0n) is 12.5. The van der Waals surface area contributed by atoms with E-state index in [9.17, 15) is 0 Å². The van der Waals surface area contributed by atoms with Crippen LogP contribution < -0.4 is 10.5 Å². The number of fused-ring (bicyclic) bond motifs is 1. The SMILES string of the molecule is COc1ccc(C)cc1Cn1ccc2cccc(CN)c21. The number of hydrogen-bond donors (Lipinski definition) is 1. The number of nitrogens with two attached hydrogens (primary N) is 1. The number of nitrogens with zero attached hydrogens (tertiary/aromatic N) is 1. The Bertz CT molecular complexity index is 774. The maximum atomic E-state index is 5.88. The highest BCUT2D eigenvalue weighted by atomic mass is 16.5. The molecule has 0 amide bonds. The summed E-state index contributed by atoms with van der Waals surface area (Å²) in [5.41, 5.74) is 10.7. The molecule has 108 valence electrons. The van der Waals surface area contributed by atoms with Crippen molar-refractivity contribution in [3.63, 3.8) is 0 Å². The predicted molar refractivity (Wildman–Crippen MR) is 86.7 cm³/mol. The van der Waals surface area contributed by atoms with Gasteiger partial charge in [-0.1, -0.05) is 35.9 Å². The van der Waals surface area contributed by atoms with Gasteiger partial charge in [-0.15, -0.1) is 0 Å². The van der Waals surface area contributed by atoms with Gasteiger partial charge in [-0.3, -0.25) is 0 Å². The molecular weight excluding hydrogens is 260 g/mol. The second-order valence-corrected chi connectivity index (χ2v) is 5.32. The van der Waals surface area contributed by atoms with Gasteiger partial charge in [0, 0.05) is 18.3 Å². The lowest BCUT2D eigenvalue weighted by atomic mass is 10.1. The minimum atomic E-state index is 0.548. The van der Waals surface area contributed by atoms with Crippen LogP contribution in [-0.4, -0.2) is 11.7 Å². The van der Waals surface area contributed by atoms with Gasteiger partial charge in [0.05, 0.1) is 19.2 Å². The van der Waals surface area contributed by atoms with Gasteiger partial charge < -0.3 is 15.0 Å². The van der Waals surface area contributed by atoms with E-state index in [1.165, 1.54) is 27.6 Å². The van der Waals surface area contributed by atoms with Crippen LogP contribution in [0, 0.1) is 6.92 Å². The fourth-order valence-corrected chi connectivity index (χ4v) is 2.85. The van der Waals surface area contributed by atoms with E-state index in [1.54, 1.807) is 7.11 Å². The Kier molecular flexibility index (Phi) is 3.67. The molecule has 0 saturated carbocycles. The third kappa shape index (κ3) is 2.52. The molecule has 21 heavy (non-hydrogen) atoms. The van der Waals surface area contributed by atoms with Gasteiger partial charge >= 0.3 is 0 Å². The minimum absolute atomic E-state index is 0.548. The molecule has 3 aromatic rings. The van der Waals surface area contributed by atoms with Crippen molar-refractivity contribution >= 4 is 10.9 Å². The molecule has 0 radical (unpaired) electrons. The first-order valence-electron chi connectivity index (χ1n) is 7.13. The van der Waals surface area contributed by atoms with Crippen molar-refractivity contribution < 1.29 is 4.74 Å². The smallest absolute Gasteiger partial charge is 0.123 e. The van der Waals surface area contributed by atoms with Crippen LogP contribution in [-0.2, 0) is 13.1 Å². The molecule has 3 heteroatoms. The van der Waals surface area contributed by atoms with Crippen LogP contribution in [0.3, 0.4) is 0 Å². The lowest BCUT2D eigenvalue weighted by Gasteiger charge is -2.13. The fourth-order valence-electron chi connectivity index (χ4n) is 2.85. The van der Waals surface area contributed by atoms with Crippen LogP contribution in [0.4, 0.5) is 0 Å². The number of ether oxygens (including phenoxy) is 1. The van der Waals surface area contributed by atoms with E-state index in [0.29, 0.717) is 6.54 Å². The molecular formula is C18H20N2O. The molecule has 0 bridgehead atoms. The summed E-state index contributed by atoms with van der Waals surface area (Å²) in [4.78, 5) is 0. The standard InChI is InChI=1S/C18H20N2O/c1-13-6-7-17(21-2)16(10-13)12-20-9-8-14-4-3-5-15(11-19)18(14)20/h3-10H,11-12,19H2,1-2H3. The van der Waals surface area contributed by atoms with Gasteiger partial charge in [-0.05, 0) is 30.0 Å². The van der Waals surface area contributed by atoms with Crippen LogP contribution in [0.5, 0.6) is 5.75 Å². The number of para-hydroxylation sites is 1. The molecule has 2 aromatic carbocycles.